The van der Waals surface area contributed by atoms with Gasteiger partial charge in [0.1, 0.15) is 23.9 Å². The standard InChI is InChI=1S/C27H32FN3O2/c1-3-21(4-2)25(32)19-20-10-11-24(23(28)18-20)30-13-15-31(16-14-30)26(27-29-12-17-33-27)22-8-6-5-7-9-22/h5-12,17-18,21,26H,3-4,13-16,19H2,1-2H3. The number of aromatic nitrogens is 1. The highest BCUT2D eigenvalue weighted by atomic mass is 19.1. The Morgan fingerprint density at radius 2 is 1.79 bits per heavy atom. The van der Waals surface area contributed by atoms with Gasteiger partial charge in [0, 0.05) is 38.5 Å². The SMILES string of the molecule is CCC(CC)C(=O)Cc1ccc(N2CCN(C(c3ccccc3)c3ncco3)CC2)c(F)c1. The van der Waals surface area contributed by atoms with Gasteiger partial charge in [0.15, 0.2) is 0 Å². The third-order valence-electron chi connectivity index (χ3n) is 6.65. The molecule has 1 saturated heterocycles. The molecule has 0 N–H and O–H groups in total. The number of Topliss-reactive ketones (excluding diaryl/α,β-unsaturated/α-hetero) is 1. The molecule has 3 aromatic rings. The van der Waals surface area contributed by atoms with E-state index >= 15 is 4.39 Å². The molecule has 174 valence electrons. The molecule has 4 rings (SSSR count). The maximum Gasteiger partial charge on any atom is 0.215 e. The molecule has 2 heterocycles. The molecule has 1 aromatic heterocycles. The van der Waals surface area contributed by atoms with Crippen LogP contribution in [0, 0.1) is 11.7 Å². The highest BCUT2D eigenvalue weighted by Gasteiger charge is 2.30. The zero-order chi connectivity index (χ0) is 23.2. The maximum atomic E-state index is 15.0. The Hall–Kier alpha value is -2.99. The van der Waals surface area contributed by atoms with Crippen molar-refractivity contribution >= 4 is 11.5 Å². The van der Waals surface area contributed by atoms with Gasteiger partial charge < -0.3 is 9.32 Å². The molecule has 5 nitrogen and oxygen atoms in total. The van der Waals surface area contributed by atoms with E-state index in [0.29, 0.717) is 31.1 Å². The molecular weight excluding hydrogens is 417 g/mol. The van der Waals surface area contributed by atoms with Crippen LogP contribution in [0.2, 0.25) is 0 Å². The average molecular weight is 450 g/mol. The molecule has 0 aliphatic carbocycles. The highest BCUT2D eigenvalue weighted by Crippen LogP contribution is 2.30. The number of anilines is 1. The van der Waals surface area contributed by atoms with Gasteiger partial charge in [-0.1, -0.05) is 50.2 Å². The summed E-state index contributed by atoms with van der Waals surface area (Å²) in [5.41, 5.74) is 2.48. The van der Waals surface area contributed by atoms with Crippen molar-refractivity contribution in [2.45, 2.75) is 39.2 Å². The molecule has 0 spiro atoms. The molecule has 1 aliphatic rings. The van der Waals surface area contributed by atoms with E-state index in [2.05, 4.69) is 26.9 Å². The molecule has 1 aliphatic heterocycles. The predicted molar refractivity (Wildman–Crippen MR) is 128 cm³/mol. The number of hydrogen-bond donors (Lipinski definition) is 0. The predicted octanol–water partition coefficient (Wildman–Crippen LogP) is 5.27. The van der Waals surface area contributed by atoms with Crippen molar-refractivity contribution < 1.29 is 13.6 Å². The number of benzene rings is 2. The number of hydrogen-bond acceptors (Lipinski definition) is 5. The van der Waals surface area contributed by atoms with Crippen molar-refractivity contribution in [1.82, 2.24) is 9.88 Å². The van der Waals surface area contributed by atoms with Crippen LogP contribution in [0.1, 0.15) is 49.7 Å². The largest absolute Gasteiger partial charge is 0.447 e. The van der Waals surface area contributed by atoms with E-state index in [-0.39, 0.29) is 23.6 Å². The van der Waals surface area contributed by atoms with Crippen LogP contribution in [-0.4, -0.2) is 41.8 Å². The number of piperazine rings is 1. The van der Waals surface area contributed by atoms with Crippen LogP contribution >= 0.6 is 0 Å². The minimum absolute atomic E-state index is 0.0574. The summed E-state index contributed by atoms with van der Waals surface area (Å²) in [4.78, 5) is 21.3. The Labute approximate surface area is 195 Å². The number of oxazole rings is 1. The first-order chi connectivity index (χ1) is 16.1. The zero-order valence-corrected chi connectivity index (χ0v) is 19.4. The minimum atomic E-state index is -0.259. The Morgan fingerprint density at radius 3 is 2.39 bits per heavy atom. The van der Waals surface area contributed by atoms with Crippen molar-refractivity contribution in [3.8, 4) is 0 Å². The van der Waals surface area contributed by atoms with Crippen LogP contribution in [0.5, 0.6) is 0 Å². The summed E-state index contributed by atoms with van der Waals surface area (Å²) in [5, 5.41) is 0. The first-order valence-electron chi connectivity index (χ1n) is 11.8. The minimum Gasteiger partial charge on any atom is -0.447 e. The van der Waals surface area contributed by atoms with Gasteiger partial charge in [-0.15, -0.1) is 0 Å². The van der Waals surface area contributed by atoms with E-state index in [1.807, 2.05) is 44.2 Å². The summed E-state index contributed by atoms with van der Waals surface area (Å²) < 4.78 is 20.7. The smallest absolute Gasteiger partial charge is 0.215 e. The van der Waals surface area contributed by atoms with E-state index in [9.17, 15) is 4.79 Å². The van der Waals surface area contributed by atoms with Gasteiger partial charge in [0.05, 0.1) is 11.9 Å². The van der Waals surface area contributed by atoms with Gasteiger partial charge >= 0.3 is 0 Å². The number of carbonyl (C=O) groups excluding carboxylic acids is 1. The summed E-state index contributed by atoms with van der Waals surface area (Å²) in [6.07, 6.45) is 5.24. The second-order valence-corrected chi connectivity index (χ2v) is 8.65. The van der Waals surface area contributed by atoms with Gasteiger partial charge in [0.2, 0.25) is 5.89 Å². The monoisotopic (exact) mass is 449 g/mol. The molecule has 33 heavy (non-hydrogen) atoms. The number of carbonyl (C=O) groups is 1. The second kappa shape index (κ2) is 10.8. The fourth-order valence-electron chi connectivity index (χ4n) is 4.74. The Balaban J connectivity index is 1.43. The van der Waals surface area contributed by atoms with E-state index in [1.54, 1.807) is 12.5 Å². The lowest BCUT2D eigenvalue weighted by Crippen LogP contribution is -2.48. The molecule has 0 amide bonds. The molecule has 0 bridgehead atoms. The summed E-state index contributed by atoms with van der Waals surface area (Å²) in [5.74, 6) is 0.666. The van der Waals surface area contributed by atoms with Gasteiger partial charge in [-0.2, -0.15) is 0 Å². The Morgan fingerprint density at radius 1 is 1.06 bits per heavy atom. The van der Waals surface area contributed by atoms with Crippen molar-refractivity contribution in [3.63, 3.8) is 0 Å². The van der Waals surface area contributed by atoms with Crippen molar-refractivity contribution in [2.24, 2.45) is 5.92 Å². The summed E-state index contributed by atoms with van der Waals surface area (Å²) in [7, 11) is 0. The fraction of sp³-hybridized carbons (Fsp3) is 0.407. The number of rotatable bonds is 9. The third kappa shape index (κ3) is 5.33. The molecule has 6 heteroatoms. The topological polar surface area (TPSA) is 49.6 Å². The van der Waals surface area contributed by atoms with Crippen LogP contribution in [-0.2, 0) is 11.2 Å². The van der Waals surface area contributed by atoms with Crippen molar-refractivity contribution in [3.05, 3.63) is 83.8 Å². The number of ketones is 1. The summed E-state index contributed by atoms with van der Waals surface area (Å²) in [6.45, 7) is 6.98. The lowest BCUT2D eigenvalue weighted by Gasteiger charge is -2.39. The van der Waals surface area contributed by atoms with E-state index < -0.39 is 0 Å². The highest BCUT2D eigenvalue weighted by molar-refractivity contribution is 5.83. The van der Waals surface area contributed by atoms with Crippen LogP contribution in [0.4, 0.5) is 10.1 Å². The molecule has 2 aromatic carbocycles. The second-order valence-electron chi connectivity index (χ2n) is 8.65. The Bertz CT molecular complexity index is 1030. The lowest BCUT2D eigenvalue weighted by molar-refractivity contribution is -0.122. The van der Waals surface area contributed by atoms with Crippen LogP contribution in [0.25, 0.3) is 0 Å². The summed E-state index contributed by atoms with van der Waals surface area (Å²) in [6, 6.07) is 15.4. The van der Waals surface area contributed by atoms with E-state index in [0.717, 1.165) is 37.1 Å². The number of halogens is 1. The van der Waals surface area contributed by atoms with Crippen LogP contribution in [0.3, 0.4) is 0 Å². The van der Waals surface area contributed by atoms with Gasteiger partial charge in [-0.3, -0.25) is 9.69 Å². The molecule has 0 radical (unpaired) electrons. The third-order valence-corrected chi connectivity index (χ3v) is 6.65. The first kappa shape index (κ1) is 23.2. The zero-order valence-electron chi connectivity index (χ0n) is 19.4. The van der Waals surface area contributed by atoms with E-state index in [1.165, 1.54) is 6.07 Å². The average Bonchev–Trinajstić information content (AvgIpc) is 3.36. The summed E-state index contributed by atoms with van der Waals surface area (Å²) >= 11 is 0. The molecular formula is C27H32FN3O2. The first-order valence-corrected chi connectivity index (χ1v) is 11.8. The van der Waals surface area contributed by atoms with E-state index in [4.69, 9.17) is 4.42 Å². The Kier molecular flexibility index (Phi) is 7.55. The number of nitrogens with zero attached hydrogens (tertiary/aromatic N) is 3. The molecule has 1 fully saturated rings. The normalized spacial score (nSPS) is 15.7. The van der Waals surface area contributed by atoms with Gasteiger partial charge in [-0.05, 0) is 36.1 Å². The molecule has 0 saturated carbocycles. The van der Waals surface area contributed by atoms with Crippen molar-refractivity contribution in [1.29, 1.82) is 0 Å². The van der Waals surface area contributed by atoms with Crippen LogP contribution < -0.4 is 4.90 Å². The fourth-order valence-corrected chi connectivity index (χ4v) is 4.74. The van der Waals surface area contributed by atoms with Crippen LogP contribution in [0.15, 0.2) is 65.4 Å². The molecule has 1 atom stereocenters. The molecule has 1 unspecified atom stereocenters. The van der Waals surface area contributed by atoms with Gasteiger partial charge in [0.25, 0.3) is 0 Å². The van der Waals surface area contributed by atoms with Crippen molar-refractivity contribution in [2.75, 3.05) is 31.1 Å². The maximum absolute atomic E-state index is 15.0. The quantitative estimate of drug-likeness (QED) is 0.445. The van der Waals surface area contributed by atoms with Gasteiger partial charge in [-0.25, -0.2) is 9.37 Å². The lowest BCUT2D eigenvalue weighted by atomic mass is 9.93.